The molecular weight excluding hydrogens is 464 g/mol. The van der Waals surface area contributed by atoms with E-state index < -0.39 is 22.4 Å². The molecule has 196 valence electrons. The second-order valence-corrected chi connectivity index (χ2v) is 13.6. The van der Waals surface area contributed by atoms with Crippen LogP contribution in [-0.2, 0) is 0 Å². The van der Waals surface area contributed by atoms with Gasteiger partial charge in [-0.3, -0.25) is 0 Å². The van der Waals surface area contributed by atoms with Gasteiger partial charge in [-0.2, -0.15) is 0 Å². The highest BCUT2D eigenvalue weighted by Gasteiger charge is 2.25. The average molecular weight is 507 g/mol. The van der Waals surface area contributed by atoms with Crippen LogP contribution in [0.15, 0.2) is 34.1 Å². The molecule has 7 heteroatoms. The lowest BCUT2D eigenvalue weighted by atomic mass is 10.1. The van der Waals surface area contributed by atoms with Crippen LogP contribution in [0.5, 0.6) is 34.5 Å². The zero-order chi connectivity index (χ0) is 27.0. The molecule has 2 N–H and O–H groups in total. The normalized spacial score (nSPS) is 12.9. The standard InChI is InChI=1S/C28H42O6S/c1-25(2,3)31-19-15-23(21(13-17(19)29)33-27(7,8)9)35-24-16-20(32-26(4,5)6)18(30)14-22(24)34-28(10,11)12/h13-16,29-30H,1-12H3. The maximum Gasteiger partial charge on any atom is 0.163 e. The Morgan fingerprint density at radius 1 is 0.457 bits per heavy atom. The predicted molar refractivity (Wildman–Crippen MR) is 142 cm³/mol. The first kappa shape index (κ1) is 28.8. The lowest BCUT2D eigenvalue weighted by Gasteiger charge is -2.28. The van der Waals surface area contributed by atoms with Crippen molar-refractivity contribution < 1.29 is 29.2 Å². The van der Waals surface area contributed by atoms with Crippen molar-refractivity contribution in [2.75, 3.05) is 0 Å². The molecule has 0 fully saturated rings. The summed E-state index contributed by atoms with van der Waals surface area (Å²) < 4.78 is 24.4. The number of rotatable bonds is 6. The molecule has 2 aromatic carbocycles. The van der Waals surface area contributed by atoms with Gasteiger partial charge in [0.05, 0.1) is 9.79 Å². The molecule has 35 heavy (non-hydrogen) atoms. The monoisotopic (exact) mass is 506 g/mol. The summed E-state index contributed by atoms with van der Waals surface area (Å²) in [5, 5.41) is 21.3. The highest BCUT2D eigenvalue weighted by atomic mass is 32.2. The number of ether oxygens (including phenoxy) is 4. The molecule has 0 aliphatic rings. The van der Waals surface area contributed by atoms with Crippen LogP contribution in [0.4, 0.5) is 0 Å². The van der Waals surface area contributed by atoms with Crippen LogP contribution < -0.4 is 18.9 Å². The predicted octanol–water partition coefficient (Wildman–Crippen LogP) is 7.96. The number of benzene rings is 2. The molecule has 0 radical (unpaired) electrons. The lowest BCUT2D eigenvalue weighted by Crippen LogP contribution is -2.25. The molecule has 0 unspecified atom stereocenters. The number of aromatic hydroxyl groups is 2. The van der Waals surface area contributed by atoms with Crippen molar-refractivity contribution in [3.63, 3.8) is 0 Å². The van der Waals surface area contributed by atoms with Gasteiger partial charge in [0.1, 0.15) is 33.9 Å². The molecular formula is C28H42O6S. The average Bonchev–Trinajstić information content (AvgIpc) is 2.57. The Balaban J connectivity index is 2.68. The van der Waals surface area contributed by atoms with Gasteiger partial charge in [0.25, 0.3) is 0 Å². The van der Waals surface area contributed by atoms with Crippen LogP contribution in [0, 0.1) is 0 Å². The van der Waals surface area contributed by atoms with Crippen molar-refractivity contribution in [3.8, 4) is 34.5 Å². The fraction of sp³-hybridized carbons (Fsp3) is 0.571. The Morgan fingerprint density at radius 2 is 0.714 bits per heavy atom. The van der Waals surface area contributed by atoms with Gasteiger partial charge in [-0.1, -0.05) is 11.8 Å². The van der Waals surface area contributed by atoms with Gasteiger partial charge in [0.15, 0.2) is 23.0 Å². The van der Waals surface area contributed by atoms with E-state index in [-0.39, 0.29) is 11.5 Å². The minimum Gasteiger partial charge on any atom is -0.504 e. The summed E-state index contributed by atoms with van der Waals surface area (Å²) >= 11 is 1.39. The molecule has 0 aliphatic heterocycles. The number of hydrogen-bond acceptors (Lipinski definition) is 7. The third-order valence-electron chi connectivity index (χ3n) is 3.94. The van der Waals surface area contributed by atoms with Crippen LogP contribution in [0.3, 0.4) is 0 Å². The van der Waals surface area contributed by atoms with Crippen molar-refractivity contribution in [3.05, 3.63) is 24.3 Å². The van der Waals surface area contributed by atoms with Gasteiger partial charge in [-0.25, -0.2) is 0 Å². The summed E-state index contributed by atoms with van der Waals surface area (Å²) in [4.78, 5) is 1.45. The van der Waals surface area contributed by atoms with Crippen LogP contribution in [0.25, 0.3) is 0 Å². The van der Waals surface area contributed by atoms with Crippen molar-refractivity contribution in [2.24, 2.45) is 0 Å². The Morgan fingerprint density at radius 3 is 0.971 bits per heavy atom. The minimum atomic E-state index is -0.501. The van der Waals surface area contributed by atoms with Gasteiger partial charge in [-0.15, -0.1) is 0 Å². The fourth-order valence-electron chi connectivity index (χ4n) is 2.98. The van der Waals surface area contributed by atoms with Crippen LogP contribution in [0.2, 0.25) is 0 Å². The van der Waals surface area contributed by atoms with E-state index in [1.54, 1.807) is 24.3 Å². The van der Waals surface area contributed by atoms with Gasteiger partial charge >= 0.3 is 0 Å². The molecule has 0 spiro atoms. The maximum atomic E-state index is 10.7. The Labute approximate surface area is 214 Å². The summed E-state index contributed by atoms with van der Waals surface area (Å²) in [5.74, 6) is 1.71. The summed E-state index contributed by atoms with van der Waals surface area (Å²) in [5.41, 5.74) is -1.99. The molecule has 0 heterocycles. The van der Waals surface area contributed by atoms with E-state index >= 15 is 0 Å². The highest BCUT2D eigenvalue weighted by Crippen LogP contribution is 2.49. The van der Waals surface area contributed by atoms with Crippen molar-refractivity contribution in [1.29, 1.82) is 0 Å². The van der Waals surface area contributed by atoms with Gasteiger partial charge in [-0.05, 0) is 83.1 Å². The molecule has 0 bridgehead atoms. The van der Waals surface area contributed by atoms with E-state index in [2.05, 4.69) is 0 Å². The Bertz CT molecular complexity index is 950. The van der Waals surface area contributed by atoms with E-state index in [1.165, 1.54) is 11.8 Å². The fourth-order valence-corrected chi connectivity index (χ4v) is 3.95. The van der Waals surface area contributed by atoms with Gasteiger partial charge in [0, 0.05) is 24.3 Å². The molecule has 0 saturated heterocycles. The van der Waals surface area contributed by atoms with Crippen molar-refractivity contribution in [1.82, 2.24) is 0 Å². The van der Waals surface area contributed by atoms with E-state index in [0.29, 0.717) is 23.0 Å². The Hall–Kier alpha value is -2.41. The summed E-state index contributed by atoms with van der Waals surface area (Å²) in [6.45, 7) is 23.2. The second-order valence-electron chi connectivity index (χ2n) is 12.5. The van der Waals surface area contributed by atoms with Crippen molar-refractivity contribution >= 4 is 11.8 Å². The first-order valence-corrected chi connectivity index (χ1v) is 12.6. The summed E-state index contributed by atoms with van der Waals surface area (Å²) in [6, 6.07) is 6.69. The van der Waals surface area contributed by atoms with Crippen LogP contribution in [-0.4, -0.2) is 32.6 Å². The van der Waals surface area contributed by atoms with Crippen LogP contribution in [0.1, 0.15) is 83.1 Å². The molecule has 2 aromatic rings. The van der Waals surface area contributed by atoms with E-state index in [1.807, 2.05) is 83.1 Å². The lowest BCUT2D eigenvalue weighted by molar-refractivity contribution is 0.117. The number of phenolic OH excluding ortho intramolecular Hbond substituents is 2. The number of hydrogen-bond donors (Lipinski definition) is 2. The molecule has 0 saturated carbocycles. The second kappa shape index (κ2) is 9.92. The topological polar surface area (TPSA) is 77.4 Å². The molecule has 0 aliphatic carbocycles. The maximum absolute atomic E-state index is 10.7. The quantitative estimate of drug-likeness (QED) is 0.411. The molecule has 0 amide bonds. The molecule has 0 aromatic heterocycles. The molecule has 6 nitrogen and oxygen atoms in total. The van der Waals surface area contributed by atoms with Crippen LogP contribution >= 0.6 is 11.8 Å². The largest absolute Gasteiger partial charge is 0.504 e. The first-order valence-electron chi connectivity index (χ1n) is 11.8. The first-order chi connectivity index (χ1) is 15.6. The SMILES string of the molecule is CC(C)(C)Oc1cc(Sc2cc(OC(C)(C)C)c(O)cc2OC(C)(C)C)c(OC(C)(C)C)cc1O. The Kier molecular flexibility index (Phi) is 8.17. The zero-order valence-electron chi connectivity index (χ0n) is 23.2. The van der Waals surface area contributed by atoms with Crippen molar-refractivity contribution in [2.45, 2.75) is 115 Å². The third-order valence-corrected chi connectivity index (χ3v) is 5.01. The van der Waals surface area contributed by atoms with E-state index in [0.717, 1.165) is 9.79 Å². The number of phenols is 2. The van der Waals surface area contributed by atoms with Gasteiger partial charge < -0.3 is 29.2 Å². The summed E-state index contributed by atoms with van der Waals surface area (Å²) in [7, 11) is 0. The zero-order valence-corrected chi connectivity index (χ0v) is 24.1. The molecule has 2 rings (SSSR count). The third kappa shape index (κ3) is 9.63. The summed E-state index contributed by atoms with van der Waals surface area (Å²) in [6.07, 6.45) is 0. The van der Waals surface area contributed by atoms with Gasteiger partial charge in [0.2, 0.25) is 0 Å². The smallest absolute Gasteiger partial charge is 0.163 e. The highest BCUT2D eigenvalue weighted by molar-refractivity contribution is 7.99. The molecule has 0 atom stereocenters. The minimum absolute atomic E-state index is 0.00264. The van der Waals surface area contributed by atoms with E-state index in [4.69, 9.17) is 18.9 Å². The van der Waals surface area contributed by atoms with E-state index in [9.17, 15) is 10.2 Å².